The molecule has 4 nitrogen and oxygen atoms in total. The molecule has 6 heteroatoms. The average molecular weight is 442 g/mol. The second-order valence-corrected chi connectivity index (χ2v) is 11.6. The van der Waals surface area contributed by atoms with Crippen molar-refractivity contribution in [1.82, 2.24) is 4.90 Å². The Hall–Kier alpha value is -2.44. The molecule has 0 saturated heterocycles. The molecular weight excluding hydrogens is 409 g/mol. The molecule has 0 saturated carbocycles. The number of carbonyl (C=O) groups excluding carboxylic acids is 1. The molecule has 31 heavy (non-hydrogen) atoms. The molecule has 1 atom stereocenters. The molecule has 0 aromatic heterocycles. The lowest BCUT2D eigenvalue weighted by Gasteiger charge is -2.41. The Morgan fingerprint density at radius 2 is 1.74 bits per heavy atom. The van der Waals surface area contributed by atoms with Crippen molar-refractivity contribution in [3.63, 3.8) is 0 Å². The molecule has 2 aromatic carbocycles. The Balaban J connectivity index is 2.03. The Kier molecular flexibility index (Phi) is 7.33. The maximum atomic E-state index is 13.5. The number of halogens is 1. The zero-order valence-electron chi connectivity index (χ0n) is 19.0. The lowest BCUT2D eigenvalue weighted by Crippen LogP contribution is -2.42. The van der Waals surface area contributed by atoms with Gasteiger partial charge in [-0.3, -0.25) is 4.90 Å². The minimum absolute atomic E-state index is 0.0915. The molecule has 1 heterocycles. The first kappa shape index (κ1) is 23.2. The molecule has 1 unspecified atom stereocenters. The lowest BCUT2D eigenvalue weighted by atomic mass is 9.72. The van der Waals surface area contributed by atoms with Gasteiger partial charge >= 0.3 is 6.09 Å². The van der Waals surface area contributed by atoms with Crippen LogP contribution < -0.4 is 4.74 Å². The molecule has 1 amide bonds. The van der Waals surface area contributed by atoms with Gasteiger partial charge in [-0.25, -0.2) is 9.18 Å². The molecule has 2 aromatic rings. The van der Waals surface area contributed by atoms with Gasteiger partial charge in [0.25, 0.3) is 0 Å². The fraction of sp³-hybridized carbons (Fsp3) is 0.400. The fourth-order valence-electron chi connectivity index (χ4n) is 4.12. The van der Waals surface area contributed by atoms with Gasteiger partial charge in [0.05, 0.1) is 6.61 Å². The third kappa shape index (κ3) is 5.83. The smallest absolute Gasteiger partial charge is 0.415 e. The van der Waals surface area contributed by atoms with Crippen molar-refractivity contribution in [3.05, 3.63) is 77.2 Å². The summed E-state index contributed by atoms with van der Waals surface area (Å²) in [6.45, 7) is 11.6. The average Bonchev–Trinajstić information content (AvgIpc) is 2.72. The van der Waals surface area contributed by atoms with Crippen molar-refractivity contribution >= 4 is 15.1 Å². The van der Waals surface area contributed by atoms with Crippen LogP contribution in [-0.2, 0) is 4.43 Å². The highest BCUT2D eigenvalue weighted by Crippen LogP contribution is 2.45. The molecule has 0 aliphatic carbocycles. The first-order valence-corrected chi connectivity index (χ1v) is 13.6. The van der Waals surface area contributed by atoms with Gasteiger partial charge in [0.15, 0.2) is 9.04 Å². The Labute approximate surface area is 186 Å². The van der Waals surface area contributed by atoms with Crippen LogP contribution >= 0.6 is 0 Å². The first-order chi connectivity index (χ1) is 14.7. The summed E-state index contributed by atoms with van der Waals surface area (Å²) < 4.78 is 25.3. The SMILES string of the molecule is C[SiH](C)OCC1=C(C(C)(C)C)C(c2ccc(F)cc2)CCN1C(=O)Oc1ccccc1. The minimum atomic E-state index is -1.31. The predicted molar refractivity (Wildman–Crippen MR) is 124 cm³/mol. The van der Waals surface area contributed by atoms with E-state index >= 15 is 0 Å². The number of amides is 1. The van der Waals surface area contributed by atoms with Crippen LogP contribution in [0.2, 0.25) is 13.1 Å². The first-order valence-electron chi connectivity index (χ1n) is 10.8. The number of benzene rings is 2. The molecule has 0 radical (unpaired) electrons. The van der Waals surface area contributed by atoms with Crippen molar-refractivity contribution < 1.29 is 18.3 Å². The monoisotopic (exact) mass is 441 g/mol. The number of ether oxygens (including phenoxy) is 1. The van der Waals surface area contributed by atoms with Crippen molar-refractivity contribution in [2.75, 3.05) is 13.2 Å². The summed E-state index contributed by atoms with van der Waals surface area (Å²) in [7, 11) is -1.31. The van der Waals surface area contributed by atoms with Crippen LogP contribution in [0.5, 0.6) is 5.75 Å². The molecule has 0 bridgehead atoms. The highest BCUT2D eigenvalue weighted by molar-refractivity contribution is 6.48. The van der Waals surface area contributed by atoms with Gasteiger partial charge in [0, 0.05) is 18.2 Å². The maximum absolute atomic E-state index is 13.5. The Morgan fingerprint density at radius 3 is 2.32 bits per heavy atom. The quantitative estimate of drug-likeness (QED) is 0.525. The summed E-state index contributed by atoms with van der Waals surface area (Å²) >= 11 is 0. The number of nitrogens with zero attached hydrogens (tertiary/aromatic N) is 1. The molecule has 0 fully saturated rings. The van der Waals surface area contributed by atoms with Crippen LogP contribution in [0.1, 0.15) is 38.7 Å². The van der Waals surface area contributed by atoms with E-state index in [1.165, 1.54) is 12.1 Å². The molecule has 0 N–H and O–H groups in total. The molecule has 3 rings (SSSR count). The minimum Gasteiger partial charge on any atom is -0.415 e. The summed E-state index contributed by atoms with van der Waals surface area (Å²) in [4.78, 5) is 14.9. The van der Waals surface area contributed by atoms with Crippen molar-refractivity contribution in [2.24, 2.45) is 5.41 Å². The van der Waals surface area contributed by atoms with E-state index in [-0.39, 0.29) is 17.2 Å². The molecule has 0 spiro atoms. The second kappa shape index (κ2) is 9.79. The van der Waals surface area contributed by atoms with Crippen molar-refractivity contribution in [1.29, 1.82) is 0 Å². The van der Waals surface area contributed by atoms with E-state index in [1.807, 2.05) is 30.3 Å². The predicted octanol–water partition coefficient (Wildman–Crippen LogP) is 6.11. The normalized spacial score (nSPS) is 17.3. The number of hydrogen-bond acceptors (Lipinski definition) is 3. The van der Waals surface area contributed by atoms with Crippen LogP contribution in [0.15, 0.2) is 65.9 Å². The van der Waals surface area contributed by atoms with Crippen LogP contribution in [-0.4, -0.2) is 33.2 Å². The molecule has 1 aliphatic heterocycles. The van der Waals surface area contributed by atoms with E-state index in [9.17, 15) is 9.18 Å². The standard InChI is InChI=1S/C25H32FNO3Si/c1-25(2,3)23-21(18-11-13-19(26)14-12-18)15-16-27(22(23)17-29-31(4)5)24(28)30-20-9-7-6-8-10-20/h6-14,21,31H,15-17H2,1-5H3. The van der Waals surface area contributed by atoms with E-state index in [0.717, 1.165) is 23.3 Å². The van der Waals surface area contributed by atoms with E-state index in [2.05, 4.69) is 33.9 Å². The van der Waals surface area contributed by atoms with Crippen LogP contribution in [0.4, 0.5) is 9.18 Å². The van der Waals surface area contributed by atoms with Gasteiger partial charge in [0.2, 0.25) is 0 Å². The molecule has 166 valence electrons. The summed E-state index contributed by atoms with van der Waals surface area (Å²) in [5.41, 5.74) is 2.86. The summed E-state index contributed by atoms with van der Waals surface area (Å²) in [5.74, 6) is 0.362. The number of hydrogen-bond donors (Lipinski definition) is 0. The van der Waals surface area contributed by atoms with E-state index < -0.39 is 15.1 Å². The topological polar surface area (TPSA) is 38.8 Å². The highest BCUT2D eigenvalue weighted by Gasteiger charge is 2.38. The summed E-state index contributed by atoms with van der Waals surface area (Å²) in [6, 6.07) is 15.8. The van der Waals surface area contributed by atoms with Crippen LogP contribution in [0.3, 0.4) is 0 Å². The van der Waals surface area contributed by atoms with Crippen molar-refractivity contribution in [3.8, 4) is 5.75 Å². The van der Waals surface area contributed by atoms with Gasteiger partial charge < -0.3 is 9.16 Å². The lowest BCUT2D eigenvalue weighted by molar-refractivity contribution is 0.150. The number of rotatable bonds is 5. The zero-order chi connectivity index (χ0) is 22.6. The van der Waals surface area contributed by atoms with Crippen molar-refractivity contribution in [2.45, 2.75) is 46.2 Å². The van der Waals surface area contributed by atoms with Crippen LogP contribution in [0, 0.1) is 11.2 Å². The fourth-order valence-corrected chi connectivity index (χ4v) is 4.61. The Morgan fingerprint density at radius 1 is 1.10 bits per heavy atom. The second-order valence-electron chi connectivity index (χ2n) is 9.20. The van der Waals surface area contributed by atoms with Gasteiger partial charge in [-0.2, -0.15) is 0 Å². The molecule has 1 aliphatic rings. The third-order valence-corrected chi connectivity index (χ3v) is 6.26. The maximum Gasteiger partial charge on any atom is 0.419 e. The van der Waals surface area contributed by atoms with Gasteiger partial charge in [0.1, 0.15) is 11.6 Å². The van der Waals surface area contributed by atoms with E-state index in [4.69, 9.17) is 9.16 Å². The third-order valence-electron chi connectivity index (χ3n) is 5.43. The Bertz CT molecular complexity index is 920. The number of allylic oxidation sites excluding steroid dienone is 1. The number of para-hydroxylation sites is 1. The zero-order valence-corrected chi connectivity index (χ0v) is 20.2. The van der Waals surface area contributed by atoms with Gasteiger partial charge in [-0.05, 0) is 60.3 Å². The largest absolute Gasteiger partial charge is 0.419 e. The van der Waals surface area contributed by atoms with Crippen LogP contribution in [0.25, 0.3) is 0 Å². The highest BCUT2D eigenvalue weighted by atomic mass is 28.3. The summed E-state index contributed by atoms with van der Waals surface area (Å²) in [6.07, 6.45) is 0.347. The summed E-state index contributed by atoms with van der Waals surface area (Å²) in [5, 5.41) is 0. The number of carbonyl (C=O) groups is 1. The van der Waals surface area contributed by atoms with E-state index in [0.29, 0.717) is 18.9 Å². The molecular formula is C25H32FNO3Si. The van der Waals surface area contributed by atoms with Gasteiger partial charge in [-0.15, -0.1) is 0 Å². The van der Waals surface area contributed by atoms with E-state index in [1.54, 1.807) is 17.0 Å². The van der Waals surface area contributed by atoms with Gasteiger partial charge in [-0.1, -0.05) is 51.1 Å².